The molecule has 0 bridgehead atoms. The smallest absolute Gasteiger partial charge is 0.254 e. The summed E-state index contributed by atoms with van der Waals surface area (Å²) in [5.41, 5.74) is 7.90. The number of anilines is 1. The molecule has 108 valence electrons. The van der Waals surface area contributed by atoms with Crippen LogP contribution in [0.3, 0.4) is 0 Å². The zero-order valence-corrected chi connectivity index (χ0v) is 11.7. The molecule has 0 unspecified atom stereocenters. The lowest BCUT2D eigenvalue weighted by molar-refractivity contribution is 0.0730. The standard InChI is InChI=1S/C17H18N2O2/c18-14-6-4-13(5-7-14)17(21)19(15-8-9-15)11-12-2-1-3-16(20)10-12/h1-7,10,15,20H,8-9,11,18H2. The molecule has 0 spiro atoms. The minimum atomic E-state index is 0.0147. The van der Waals surface area contributed by atoms with Gasteiger partial charge in [0.1, 0.15) is 5.75 Å². The lowest BCUT2D eigenvalue weighted by Crippen LogP contribution is -2.32. The number of nitrogen functional groups attached to an aromatic ring is 1. The summed E-state index contributed by atoms with van der Waals surface area (Å²) in [7, 11) is 0. The molecule has 0 heterocycles. The minimum Gasteiger partial charge on any atom is -0.508 e. The molecule has 0 aliphatic heterocycles. The fourth-order valence-electron chi connectivity index (χ4n) is 2.40. The Balaban J connectivity index is 1.81. The minimum absolute atomic E-state index is 0.0147. The molecule has 4 heteroatoms. The summed E-state index contributed by atoms with van der Waals surface area (Å²) in [5.74, 6) is 0.240. The van der Waals surface area contributed by atoms with Crippen LogP contribution in [0.1, 0.15) is 28.8 Å². The molecule has 2 aromatic carbocycles. The van der Waals surface area contributed by atoms with Crippen LogP contribution in [-0.4, -0.2) is 22.0 Å². The molecule has 0 atom stereocenters. The molecule has 3 rings (SSSR count). The van der Waals surface area contributed by atoms with E-state index in [0.717, 1.165) is 18.4 Å². The highest BCUT2D eigenvalue weighted by Crippen LogP contribution is 2.30. The quantitative estimate of drug-likeness (QED) is 0.847. The van der Waals surface area contributed by atoms with Crippen molar-refractivity contribution in [2.24, 2.45) is 0 Å². The second kappa shape index (κ2) is 5.48. The van der Waals surface area contributed by atoms with Gasteiger partial charge < -0.3 is 15.7 Å². The highest BCUT2D eigenvalue weighted by Gasteiger charge is 2.33. The summed E-state index contributed by atoms with van der Waals surface area (Å²) in [6, 6.07) is 14.4. The summed E-state index contributed by atoms with van der Waals surface area (Å²) in [6.45, 7) is 0.516. The fraction of sp³-hybridized carbons (Fsp3) is 0.235. The topological polar surface area (TPSA) is 66.6 Å². The van der Waals surface area contributed by atoms with Crippen molar-refractivity contribution < 1.29 is 9.90 Å². The van der Waals surface area contributed by atoms with Crippen molar-refractivity contribution in [3.05, 3.63) is 59.7 Å². The lowest BCUT2D eigenvalue weighted by Gasteiger charge is -2.23. The van der Waals surface area contributed by atoms with Crippen molar-refractivity contribution in [1.82, 2.24) is 4.90 Å². The summed E-state index contributed by atoms with van der Waals surface area (Å²) in [4.78, 5) is 14.5. The van der Waals surface area contributed by atoms with Gasteiger partial charge in [-0.25, -0.2) is 0 Å². The predicted octanol–water partition coefficient (Wildman–Crippen LogP) is 2.78. The van der Waals surface area contributed by atoms with Crippen LogP contribution in [0.15, 0.2) is 48.5 Å². The molecule has 0 radical (unpaired) electrons. The first-order chi connectivity index (χ1) is 10.1. The Labute approximate surface area is 123 Å². The number of carbonyl (C=O) groups excluding carboxylic acids is 1. The maximum absolute atomic E-state index is 12.6. The third-order valence-corrected chi connectivity index (χ3v) is 3.67. The van der Waals surface area contributed by atoms with E-state index < -0.39 is 0 Å². The van der Waals surface area contributed by atoms with Crippen LogP contribution in [0, 0.1) is 0 Å². The molecule has 2 aromatic rings. The number of hydrogen-bond acceptors (Lipinski definition) is 3. The molecule has 1 aliphatic carbocycles. The molecule has 1 aliphatic rings. The highest BCUT2D eigenvalue weighted by molar-refractivity contribution is 5.94. The summed E-state index contributed by atoms with van der Waals surface area (Å²) in [6.07, 6.45) is 2.08. The Morgan fingerprint density at radius 2 is 1.90 bits per heavy atom. The van der Waals surface area contributed by atoms with Crippen molar-refractivity contribution in [1.29, 1.82) is 0 Å². The number of nitrogens with two attached hydrogens (primary N) is 1. The van der Waals surface area contributed by atoms with Crippen LogP contribution in [0.2, 0.25) is 0 Å². The van der Waals surface area contributed by atoms with Gasteiger partial charge in [-0.05, 0) is 54.8 Å². The van der Waals surface area contributed by atoms with E-state index in [9.17, 15) is 9.90 Å². The van der Waals surface area contributed by atoms with Crippen molar-refractivity contribution in [3.63, 3.8) is 0 Å². The van der Waals surface area contributed by atoms with Crippen LogP contribution in [-0.2, 0) is 6.54 Å². The largest absolute Gasteiger partial charge is 0.508 e. The first-order valence-corrected chi connectivity index (χ1v) is 7.08. The van der Waals surface area contributed by atoms with Gasteiger partial charge in [0.25, 0.3) is 5.91 Å². The summed E-state index contributed by atoms with van der Waals surface area (Å²) in [5, 5.41) is 9.55. The number of benzene rings is 2. The maximum atomic E-state index is 12.6. The third-order valence-electron chi connectivity index (χ3n) is 3.67. The summed E-state index contributed by atoms with van der Waals surface area (Å²) < 4.78 is 0. The number of phenols is 1. The molecule has 1 amide bonds. The zero-order chi connectivity index (χ0) is 14.8. The van der Waals surface area contributed by atoms with Gasteiger partial charge in [0.2, 0.25) is 0 Å². The molecule has 0 aromatic heterocycles. The average Bonchev–Trinajstić information content (AvgIpc) is 3.29. The van der Waals surface area contributed by atoms with E-state index in [-0.39, 0.29) is 11.7 Å². The normalized spacial score (nSPS) is 13.9. The number of carbonyl (C=O) groups is 1. The monoisotopic (exact) mass is 282 g/mol. The maximum Gasteiger partial charge on any atom is 0.254 e. The van der Waals surface area contributed by atoms with Gasteiger partial charge in [-0.2, -0.15) is 0 Å². The predicted molar refractivity (Wildman–Crippen MR) is 81.9 cm³/mol. The second-order valence-electron chi connectivity index (χ2n) is 5.46. The van der Waals surface area contributed by atoms with Gasteiger partial charge in [0.15, 0.2) is 0 Å². The first kappa shape index (κ1) is 13.5. The van der Waals surface area contributed by atoms with Crippen molar-refractivity contribution in [2.75, 3.05) is 5.73 Å². The van der Waals surface area contributed by atoms with Crippen LogP contribution >= 0.6 is 0 Å². The lowest BCUT2D eigenvalue weighted by atomic mass is 10.1. The van der Waals surface area contributed by atoms with Crippen LogP contribution in [0.25, 0.3) is 0 Å². The number of aromatic hydroxyl groups is 1. The van der Waals surface area contributed by atoms with Gasteiger partial charge in [-0.15, -0.1) is 0 Å². The Hall–Kier alpha value is -2.49. The van der Waals surface area contributed by atoms with E-state index in [1.165, 1.54) is 0 Å². The number of nitrogens with zero attached hydrogens (tertiary/aromatic N) is 1. The molecule has 4 nitrogen and oxygen atoms in total. The number of hydrogen-bond donors (Lipinski definition) is 2. The molecule has 1 fully saturated rings. The molecule has 3 N–H and O–H groups in total. The molecule has 21 heavy (non-hydrogen) atoms. The average molecular weight is 282 g/mol. The van der Waals surface area contributed by atoms with E-state index in [1.807, 2.05) is 11.0 Å². The SMILES string of the molecule is Nc1ccc(C(=O)N(Cc2cccc(O)c2)C2CC2)cc1. The van der Waals surface area contributed by atoms with Crippen LogP contribution in [0.5, 0.6) is 5.75 Å². The highest BCUT2D eigenvalue weighted by atomic mass is 16.3. The zero-order valence-electron chi connectivity index (χ0n) is 11.7. The Morgan fingerprint density at radius 3 is 2.52 bits per heavy atom. The molecule has 0 saturated heterocycles. The van der Waals surface area contributed by atoms with Gasteiger partial charge in [0, 0.05) is 23.8 Å². The number of phenolic OH excluding ortho intramolecular Hbond substituents is 1. The third kappa shape index (κ3) is 3.16. The van der Waals surface area contributed by atoms with E-state index in [0.29, 0.717) is 23.8 Å². The number of amides is 1. The Morgan fingerprint density at radius 1 is 1.19 bits per heavy atom. The van der Waals surface area contributed by atoms with E-state index in [1.54, 1.807) is 42.5 Å². The summed E-state index contributed by atoms with van der Waals surface area (Å²) >= 11 is 0. The first-order valence-electron chi connectivity index (χ1n) is 7.08. The van der Waals surface area contributed by atoms with Crippen molar-refractivity contribution in [3.8, 4) is 5.75 Å². The molecular weight excluding hydrogens is 264 g/mol. The van der Waals surface area contributed by atoms with Gasteiger partial charge in [-0.3, -0.25) is 4.79 Å². The van der Waals surface area contributed by atoms with Gasteiger partial charge in [0.05, 0.1) is 0 Å². The Bertz CT molecular complexity index is 648. The second-order valence-corrected chi connectivity index (χ2v) is 5.46. The van der Waals surface area contributed by atoms with E-state index in [4.69, 9.17) is 5.73 Å². The van der Waals surface area contributed by atoms with Crippen LogP contribution in [0.4, 0.5) is 5.69 Å². The Kier molecular flexibility index (Phi) is 3.52. The molecule has 1 saturated carbocycles. The van der Waals surface area contributed by atoms with E-state index >= 15 is 0 Å². The van der Waals surface area contributed by atoms with Crippen molar-refractivity contribution >= 4 is 11.6 Å². The van der Waals surface area contributed by atoms with E-state index in [2.05, 4.69) is 0 Å². The molecular formula is C17H18N2O2. The number of rotatable bonds is 4. The van der Waals surface area contributed by atoms with Gasteiger partial charge >= 0.3 is 0 Å². The fourth-order valence-corrected chi connectivity index (χ4v) is 2.40. The van der Waals surface area contributed by atoms with Gasteiger partial charge in [-0.1, -0.05) is 12.1 Å². The van der Waals surface area contributed by atoms with Crippen LogP contribution < -0.4 is 5.73 Å². The van der Waals surface area contributed by atoms with Crippen molar-refractivity contribution in [2.45, 2.75) is 25.4 Å².